The number of hydrogen-bond donors (Lipinski definition) is 4. The van der Waals surface area contributed by atoms with Gasteiger partial charge in [-0.05, 0) is 33.3 Å². The fourth-order valence-corrected chi connectivity index (χ4v) is 2.51. The monoisotopic (exact) mass is 415 g/mol. The maximum Gasteiger partial charge on any atom is 0.408 e. The van der Waals surface area contributed by atoms with E-state index in [0.717, 1.165) is 11.8 Å². The summed E-state index contributed by atoms with van der Waals surface area (Å²) in [6.45, 7) is 6.68. The first-order chi connectivity index (χ1) is 14.0. The van der Waals surface area contributed by atoms with E-state index in [-0.39, 0.29) is 12.0 Å². The Balaban J connectivity index is 2.14. The van der Waals surface area contributed by atoms with Crippen molar-refractivity contribution in [2.75, 3.05) is 0 Å². The topological polar surface area (TPSA) is 146 Å². The summed E-state index contributed by atoms with van der Waals surface area (Å²) in [5.74, 6) is -0.598. The Morgan fingerprint density at radius 1 is 1.17 bits per heavy atom. The van der Waals surface area contributed by atoms with Crippen LogP contribution in [-0.4, -0.2) is 39.8 Å². The largest absolute Gasteiger partial charge is 0.444 e. The number of carbonyl (C=O) groups excluding carboxylic acids is 2. The summed E-state index contributed by atoms with van der Waals surface area (Å²) in [5, 5.41) is 6.32. The number of rotatable bonds is 6. The Morgan fingerprint density at radius 2 is 1.83 bits per heavy atom. The van der Waals surface area contributed by atoms with E-state index >= 15 is 0 Å². The first-order valence-corrected chi connectivity index (χ1v) is 9.25. The van der Waals surface area contributed by atoms with Gasteiger partial charge in [0.2, 0.25) is 0 Å². The Kier molecular flexibility index (Phi) is 7.29. The molecule has 0 aliphatic heterocycles. The van der Waals surface area contributed by atoms with E-state index in [1.807, 2.05) is 30.3 Å². The second-order valence-electron chi connectivity index (χ2n) is 7.57. The molecule has 160 valence electrons. The highest BCUT2D eigenvalue weighted by atomic mass is 16.6. The van der Waals surface area contributed by atoms with Gasteiger partial charge in [-0.25, -0.2) is 15.0 Å². The van der Waals surface area contributed by atoms with E-state index in [9.17, 15) is 19.2 Å². The van der Waals surface area contributed by atoms with Crippen molar-refractivity contribution in [2.24, 2.45) is 5.10 Å². The summed E-state index contributed by atoms with van der Waals surface area (Å²) in [5.41, 5.74) is 1.53. The summed E-state index contributed by atoms with van der Waals surface area (Å²) in [4.78, 5) is 52.4. The zero-order valence-electron chi connectivity index (χ0n) is 17.2. The molecule has 4 N–H and O–H groups in total. The standard InChI is InChI=1S/C20H25N5O5/c1-12-14(16(26)24-18(28)22-12)11-21-25-17(27)15(10-13-8-6-5-7-9-13)23-19(29)30-20(2,3)4/h5-9,11,15H,10H2,1-4H3,(H,23,29)(H,25,27)(H2,22,24,26,28)/b21-11-/t15-/m0/s1. The maximum absolute atomic E-state index is 12.6. The van der Waals surface area contributed by atoms with Crippen LogP contribution < -0.4 is 22.0 Å². The van der Waals surface area contributed by atoms with Gasteiger partial charge in [0.1, 0.15) is 11.6 Å². The summed E-state index contributed by atoms with van der Waals surface area (Å²) < 4.78 is 5.22. The summed E-state index contributed by atoms with van der Waals surface area (Å²) in [6, 6.07) is 8.17. The Labute approximate surface area is 172 Å². The lowest BCUT2D eigenvalue weighted by molar-refractivity contribution is -0.123. The molecular formula is C20H25N5O5. The quantitative estimate of drug-likeness (QED) is 0.410. The Morgan fingerprint density at radius 3 is 2.43 bits per heavy atom. The Bertz CT molecular complexity index is 1030. The number of ether oxygens (including phenoxy) is 1. The fraction of sp³-hybridized carbons (Fsp3) is 0.350. The van der Waals surface area contributed by atoms with Crippen LogP contribution >= 0.6 is 0 Å². The number of amides is 2. The van der Waals surface area contributed by atoms with Crippen LogP contribution in [0.1, 0.15) is 37.6 Å². The van der Waals surface area contributed by atoms with E-state index in [0.29, 0.717) is 5.69 Å². The fourth-order valence-electron chi connectivity index (χ4n) is 2.51. The third kappa shape index (κ3) is 7.04. The highest BCUT2D eigenvalue weighted by molar-refractivity contribution is 5.87. The van der Waals surface area contributed by atoms with E-state index < -0.39 is 34.9 Å². The lowest BCUT2D eigenvalue weighted by Crippen LogP contribution is -2.48. The summed E-state index contributed by atoms with van der Waals surface area (Å²) in [7, 11) is 0. The molecule has 1 atom stereocenters. The number of carbonyl (C=O) groups is 2. The van der Waals surface area contributed by atoms with Gasteiger partial charge in [-0.2, -0.15) is 5.10 Å². The van der Waals surface area contributed by atoms with Crippen LogP contribution in [0.5, 0.6) is 0 Å². The molecule has 0 unspecified atom stereocenters. The van der Waals surface area contributed by atoms with Crippen LogP contribution in [0.2, 0.25) is 0 Å². The lowest BCUT2D eigenvalue weighted by Gasteiger charge is -2.23. The van der Waals surface area contributed by atoms with Gasteiger partial charge in [0.05, 0.1) is 11.8 Å². The van der Waals surface area contributed by atoms with Gasteiger partial charge in [-0.3, -0.25) is 14.6 Å². The number of benzene rings is 1. The van der Waals surface area contributed by atoms with Crippen LogP contribution in [0.15, 0.2) is 45.0 Å². The minimum atomic E-state index is -0.964. The summed E-state index contributed by atoms with van der Waals surface area (Å²) in [6.07, 6.45) is 0.588. The van der Waals surface area contributed by atoms with Crippen LogP contribution in [0.3, 0.4) is 0 Å². The van der Waals surface area contributed by atoms with Crippen LogP contribution in [0, 0.1) is 6.92 Å². The number of alkyl carbamates (subject to hydrolysis) is 1. The van der Waals surface area contributed by atoms with E-state index in [2.05, 4.69) is 25.8 Å². The average Bonchev–Trinajstić information content (AvgIpc) is 2.62. The predicted molar refractivity (Wildman–Crippen MR) is 111 cm³/mol. The number of H-pyrrole nitrogens is 2. The van der Waals surface area contributed by atoms with Crippen LogP contribution in [-0.2, 0) is 16.0 Å². The normalized spacial score (nSPS) is 12.4. The second-order valence-corrected chi connectivity index (χ2v) is 7.57. The van der Waals surface area contributed by atoms with Gasteiger partial charge in [0, 0.05) is 12.1 Å². The zero-order chi connectivity index (χ0) is 22.3. The highest BCUT2D eigenvalue weighted by Gasteiger charge is 2.24. The van der Waals surface area contributed by atoms with E-state index in [1.54, 1.807) is 20.8 Å². The zero-order valence-corrected chi connectivity index (χ0v) is 17.2. The molecule has 0 fully saturated rings. The number of aromatic amines is 2. The number of nitrogens with zero attached hydrogens (tertiary/aromatic N) is 1. The third-order valence-electron chi connectivity index (χ3n) is 3.84. The molecule has 30 heavy (non-hydrogen) atoms. The molecule has 10 heteroatoms. The lowest BCUT2D eigenvalue weighted by atomic mass is 10.1. The molecular weight excluding hydrogens is 390 g/mol. The van der Waals surface area contributed by atoms with E-state index in [4.69, 9.17) is 4.74 Å². The number of hydrazone groups is 1. The molecule has 1 aromatic carbocycles. The number of hydrogen-bond acceptors (Lipinski definition) is 6. The van der Waals surface area contributed by atoms with Crippen molar-refractivity contribution in [1.29, 1.82) is 0 Å². The van der Waals surface area contributed by atoms with Gasteiger partial charge in [0.15, 0.2) is 0 Å². The van der Waals surface area contributed by atoms with Crippen molar-refractivity contribution in [1.82, 2.24) is 20.7 Å². The third-order valence-corrected chi connectivity index (χ3v) is 3.84. The Hall–Kier alpha value is -3.69. The molecule has 2 amide bonds. The minimum Gasteiger partial charge on any atom is -0.444 e. The van der Waals surface area contributed by atoms with Crippen molar-refractivity contribution in [3.8, 4) is 0 Å². The van der Waals surface area contributed by atoms with Gasteiger partial charge in [-0.1, -0.05) is 30.3 Å². The van der Waals surface area contributed by atoms with Crippen molar-refractivity contribution in [3.05, 3.63) is 68.0 Å². The van der Waals surface area contributed by atoms with Crippen LogP contribution in [0.4, 0.5) is 4.79 Å². The molecule has 0 saturated heterocycles. The molecule has 0 bridgehead atoms. The van der Waals surface area contributed by atoms with Gasteiger partial charge in [0.25, 0.3) is 11.5 Å². The maximum atomic E-state index is 12.6. The first-order valence-electron chi connectivity index (χ1n) is 9.25. The SMILES string of the molecule is Cc1[nH]c(=O)[nH]c(=O)c1/C=N\NC(=O)[C@H](Cc1ccccc1)NC(=O)OC(C)(C)C. The molecule has 0 radical (unpaired) electrons. The highest BCUT2D eigenvalue weighted by Crippen LogP contribution is 2.08. The first kappa shape index (κ1) is 22.6. The molecule has 1 heterocycles. The van der Waals surface area contributed by atoms with Gasteiger partial charge in [-0.15, -0.1) is 0 Å². The van der Waals surface area contributed by atoms with Crippen molar-refractivity contribution in [2.45, 2.75) is 45.8 Å². The smallest absolute Gasteiger partial charge is 0.408 e. The number of aryl methyl sites for hydroxylation is 1. The van der Waals surface area contributed by atoms with Crippen molar-refractivity contribution < 1.29 is 14.3 Å². The average molecular weight is 415 g/mol. The molecule has 1 aromatic heterocycles. The van der Waals surface area contributed by atoms with Crippen molar-refractivity contribution in [3.63, 3.8) is 0 Å². The van der Waals surface area contributed by atoms with Crippen LogP contribution in [0.25, 0.3) is 0 Å². The summed E-state index contributed by atoms with van der Waals surface area (Å²) >= 11 is 0. The molecule has 2 rings (SSSR count). The number of aromatic nitrogens is 2. The second kappa shape index (κ2) is 9.68. The minimum absolute atomic E-state index is 0.0922. The van der Waals surface area contributed by atoms with Crippen molar-refractivity contribution >= 4 is 18.2 Å². The van der Waals surface area contributed by atoms with Gasteiger partial charge >= 0.3 is 11.8 Å². The van der Waals surface area contributed by atoms with E-state index in [1.165, 1.54) is 6.92 Å². The number of nitrogens with one attached hydrogen (secondary N) is 4. The molecule has 0 aliphatic carbocycles. The molecule has 0 spiro atoms. The molecule has 0 saturated carbocycles. The molecule has 0 aliphatic rings. The predicted octanol–water partition coefficient (Wildman–Crippen LogP) is 0.958. The van der Waals surface area contributed by atoms with Gasteiger partial charge < -0.3 is 15.0 Å². The molecule has 2 aromatic rings. The molecule has 10 nitrogen and oxygen atoms in total.